The van der Waals surface area contributed by atoms with Crippen LogP contribution in [0.15, 0.2) is 63.2 Å². The van der Waals surface area contributed by atoms with E-state index in [1.807, 2.05) is 0 Å². The number of sulfonamides is 1. The maximum absolute atomic E-state index is 13.6. The smallest absolute Gasteiger partial charge is 0.417 e. The molecule has 2 aromatic rings. The lowest BCUT2D eigenvalue weighted by Gasteiger charge is -2.27. The Morgan fingerprint density at radius 1 is 0.969 bits per heavy atom. The van der Waals surface area contributed by atoms with Gasteiger partial charge in [0.2, 0.25) is 19.9 Å². The van der Waals surface area contributed by atoms with Crippen LogP contribution in [-0.2, 0) is 30.8 Å². The van der Waals surface area contributed by atoms with Gasteiger partial charge in [0.15, 0.2) is 0 Å². The van der Waals surface area contributed by atoms with Gasteiger partial charge in [-0.25, -0.2) is 21.6 Å². The molecule has 2 aromatic carbocycles. The fourth-order valence-corrected chi connectivity index (χ4v) is 6.58. The van der Waals surface area contributed by atoms with E-state index in [0.717, 1.165) is 0 Å². The molecule has 0 spiro atoms. The van der Waals surface area contributed by atoms with Crippen molar-refractivity contribution in [2.45, 2.75) is 52.6 Å². The van der Waals surface area contributed by atoms with Crippen LogP contribution in [0.5, 0.6) is 0 Å². The summed E-state index contributed by atoms with van der Waals surface area (Å²) in [5.74, 6) is -1.93. The van der Waals surface area contributed by atoms with Gasteiger partial charge in [0.05, 0.1) is 26.2 Å². The topological polar surface area (TPSA) is 118 Å². The predicted octanol–water partition coefficient (Wildman–Crippen LogP) is 3.46. The number of carbonyl (C=O) groups is 1. The number of halogens is 3. The summed E-state index contributed by atoms with van der Waals surface area (Å²) >= 11 is 0. The van der Waals surface area contributed by atoms with E-state index in [4.69, 9.17) is 5.11 Å². The normalized spacial score (nSPS) is 20.1. The van der Waals surface area contributed by atoms with Crippen molar-refractivity contribution in [3.05, 3.63) is 54.1 Å². The van der Waals surface area contributed by atoms with Crippen LogP contribution in [0.4, 0.5) is 13.2 Å². The molecule has 1 fully saturated rings. The number of rotatable bonds is 6. The first-order valence-electron chi connectivity index (χ1n) is 9.59. The molecule has 174 valence electrons. The molecule has 0 radical (unpaired) electrons. The van der Waals surface area contributed by atoms with Crippen LogP contribution in [-0.4, -0.2) is 34.0 Å². The van der Waals surface area contributed by atoms with E-state index in [1.165, 1.54) is 24.3 Å². The SMILES string of the molecule is O=C(O)C1CCCC(NS(=O)(=O)c2cc(S(=O)(=O)c3ccccc3)ccc2C(F)(F)F)C1. The highest BCUT2D eigenvalue weighted by Gasteiger charge is 2.39. The van der Waals surface area contributed by atoms with E-state index in [9.17, 15) is 34.8 Å². The van der Waals surface area contributed by atoms with Gasteiger partial charge in [0.25, 0.3) is 0 Å². The molecule has 32 heavy (non-hydrogen) atoms. The van der Waals surface area contributed by atoms with Gasteiger partial charge in [-0.2, -0.15) is 13.2 Å². The van der Waals surface area contributed by atoms with Gasteiger partial charge in [-0.05, 0) is 49.6 Å². The molecule has 2 atom stereocenters. The number of carboxylic acid groups (broad SMARTS) is 1. The maximum Gasteiger partial charge on any atom is 0.417 e. The Morgan fingerprint density at radius 3 is 2.22 bits per heavy atom. The molecule has 12 heteroatoms. The predicted molar refractivity (Wildman–Crippen MR) is 107 cm³/mol. The van der Waals surface area contributed by atoms with Gasteiger partial charge in [-0.15, -0.1) is 0 Å². The molecular weight excluding hydrogens is 471 g/mol. The summed E-state index contributed by atoms with van der Waals surface area (Å²) in [4.78, 5) is 9.19. The van der Waals surface area contributed by atoms with E-state index in [0.29, 0.717) is 31.0 Å². The number of aliphatic carboxylic acids is 1. The van der Waals surface area contributed by atoms with Gasteiger partial charge in [-0.3, -0.25) is 4.79 Å². The molecule has 2 unspecified atom stereocenters. The van der Waals surface area contributed by atoms with Gasteiger partial charge in [0.1, 0.15) is 0 Å². The minimum Gasteiger partial charge on any atom is -0.481 e. The van der Waals surface area contributed by atoms with Crippen molar-refractivity contribution in [2.24, 2.45) is 5.92 Å². The molecular formula is C20H20F3NO6S2. The summed E-state index contributed by atoms with van der Waals surface area (Å²) in [5.41, 5.74) is -1.51. The molecule has 1 aliphatic carbocycles. The minimum absolute atomic E-state index is 0.0715. The Balaban J connectivity index is 2.05. The molecule has 1 aliphatic rings. The Kier molecular flexibility index (Phi) is 6.68. The Labute approximate surface area is 183 Å². The highest BCUT2D eigenvalue weighted by Crippen LogP contribution is 2.37. The third kappa shape index (κ3) is 5.13. The summed E-state index contributed by atoms with van der Waals surface area (Å²) in [5, 5.41) is 9.16. The first-order valence-corrected chi connectivity index (χ1v) is 12.6. The van der Waals surface area contributed by atoms with E-state index < -0.39 is 59.3 Å². The van der Waals surface area contributed by atoms with Crippen LogP contribution >= 0.6 is 0 Å². The number of carboxylic acids is 1. The molecule has 7 nitrogen and oxygen atoms in total. The lowest BCUT2D eigenvalue weighted by atomic mass is 9.86. The van der Waals surface area contributed by atoms with Crippen molar-refractivity contribution in [1.29, 1.82) is 0 Å². The minimum atomic E-state index is -5.06. The molecule has 0 aromatic heterocycles. The van der Waals surface area contributed by atoms with E-state index in [2.05, 4.69) is 4.72 Å². The Hall–Kier alpha value is -2.44. The highest BCUT2D eigenvalue weighted by molar-refractivity contribution is 7.91. The third-order valence-electron chi connectivity index (χ3n) is 5.26. The van der Waals surface area contributed by atoms with Crippen molar-refractivity contribution in [2.75, 3.05) is 0 Å². The van der Waals surface area contributed by atoms with Crippen molar-refractivity contribution in [1.82, 2.24) is 4.72 Å². The number of alkyl halides is 3. The number of nitrogens with one attached hydrogen (secondary N) is 1. The molecule has 3 rings (SSSR count). The van der Waals surface area contributed by atoms with Gasteiger partial charge < -0.3 is 5.11 Å². The summed E-state index contributed by atoms with van der Waals surface area (Å²) in [6, 6.07) is 7.64. The second kappa shape index (κ2) is 8.83. The van der Waals surface area contributed by atoms with Crippen LogP contribution < -0.4 is 4.72 Å². The third-order valence-corrected chi connectivity index (χ3v) is 8.58. The lowest BCUT2D eigenvalue weighted by Crippen LogP contribution is -2.40. The van der Waals surface area contributed by atoms with Crippen molar-refractivity contribution in [3.63, 3.8) is 0 Å². The molecule has 0 aliphatic heterocycles. The number of sulfone groups is 1. The van der Waals surface area contributed by atoms with Crippen LogP contribution in [0, 0.1) is 5.92 Å². The molecule has 0 saturated heterocycles. The number of benzene rings is 2. The maximum atomic E-state index is 13.6. The van der Waals surface area contributed by atoms with E-state index in [1.54, 1.807) is 6.07 Å². The number of hydrogen-bond donors (Lipinski definition) is 2. The molecule has 0 bridgehead atoms. The van der Waals surface area contributed by atoms with Gasteiger partial charge >= 0.3 is 12.1 Å². The van der Waals surface area contributed by atoms with Crippen LogP contribution in [0.25, 0.3) is 0 Å². The second-order valence-corrected chi connectivity index (χ2v) is 11.1. The molecule has 1 saturated carbocycles. The van der Waals surface area contributed by atoms with Crippen molar-refractivity contribution >= 4 is 25.8 Å². The monoisotopic (exact) mass is 491 g/mol. The Morgan fingerprint density at radius 2 is 1.62 bits per heavy atom. The van der Waals surface area contributed by atoms with E-state index in [-0.39, 0.29) is 17.7 Å². The fourth-order valence-electron chi connectivity index (χ4n) is 3.67. The summed E-state index contributed by atoms with van der Waals surface area (Å²) in [6.07, 6.45) is -4.15. The Bertz CT molecular complexity index is 1210. The molecule has 0 amide bonds. The van der Waals surface area contributed by atoms with E-state index >= 15 is 0 Å². The van der Waals surface area contributed by atoms with Crippen LogP contribution in [0.3, 0.4) is 0 Å². The second-order valence-electron chi connectivity index (χ2n) is 7.49. The van der Waals surface area contributed by atoms with Gasteiger partial charge in [0, 0.05) is 6.04 Å². The number of hydrogen-bond acceptors (Lipinski definition) is 5. The fraction of sp³-hybridized carbons (Fsp3) is 0.350. The average Bonchev–Trinajstić information content (AvgIpc) is 2.73. The zero-order chi connectivity index (χ0) is 23.7. The first-order chi connectivity index (χ1) is 14.8. The summed E-state index contributed by atoms with van der Waals surface area (Å²) < 4.78 is 94.3. The van der Waals surface area contributed by atoms with Crippen LogP contribution in [0.2, 0.25) is 0 Å². The summed E-state index contributed by atoms with van der Waals surface area (Å²) in [7, 11) is -9.09. The van der Waals surface area contributed by atoms with Crippen LogP contribution in [0.1, 0.15) is 31.2 Å². The zero-order valence-electron chi connectivity index (χ0n) is 16.5. The first kappa shape index (κ1) is 24.2. The largest absolute Gasteiger partial charge is 0.481 e. The highest BCUT2D eigenvalue weighted by atomic mass is 32.2. The molecule has 0 heterocycles. The zero-order valence-corrected chi connectivity index (χ0v) is 18.2. The lowest BCUT2D eigenvalue weighted by molar-refractivity contribution is -0.143. The average molecular weight is 492 g/mol. The summed E-state index contributed by atoms with van der Waals surface area (Å²) in [6.45, 7) is 0. The standard InChI is InChI=1S/C20H20F3NO6S2/c21-20(22,23)17-10-9-16(31(27,28)15-7-2-1-3-8-15)12-18(17)32(29,30)24-14-6-4-5-13(11-14)19(25)26/h1-3,7-10,12-14,24H,4-6,11H2,(H,25,26). The molecule has 2 N–H and O–H groups in total. The quantitative estimate of drug-likeness (QED) is 0.639. The van der Waals surface area contributed by atoms with Gasteiger partial charge in [-0.1, -0.05) is 24.6 Å². The van der Waals surface area contributed by atoms with Crippen molar-refractivity contribution < 1.29 is 39.9 Å². The van der Waals surface area contributed by atoms with Crippen molar-refractivity contribution in [3.8, 4) is 0 Å².